The van der Waals surface area contributed by atoms with Crippen molar-refractivity contribution in [2.45, 2.75) is 39.0 Å². The van der Waals surface area contributed by atoms with Crippen LogP contribution in [0.4, 0.5) is 5.69 Å². The highest BCUT2D eigenvalue weighted by Gasteiger charge is 2.06. The number of rotatable bonds is 5. The van der Waals surface area contributed by atoms with Gasteiger partial charge in [0.05, 0.1) is 0 Å². The van der Waals surface area contributed by atoms with E-state index in [0.29, 0.717) is 11.8 Å². The van der Waals surface area contributed by atoms with Gasteiger partial charge in [0, 0.05) is 34.5 Å². The summed E-state index contributed by atoms with van der Waals surface area (Å²) >= 11 is 0. The van der Waals surface area contributed by atoms with Gasteiger partial charge in [0.25, 0.3) is 0 Å². The summed E-state index contributed by atoms with van der Waals surface area (Å²) in [6, 6.07) is 6.64. The van der Waals surface area contributed by atoms with Crippen molar-refractivity contribution in [3.05, 3.63) is 29.3 Å². The zero-order valence-corrected chi connectivity index (χ0v) is 11.4. The third-order valence-electron chi connectivity index (χ3n) is 2.82. The number of benzene rings is 1. The molecule has 0 spiro atoms. The van der Waals surface area contributed by atoms with Gasteiger partial charge in [-0.3, -0.25) is 4.21 Å². The van der Waals surface area contributed by atoms with Crippen molar-refractivity contribution in [2.24, 2.45) is 0 Å². The average Bonchev–Trinajstić information content (AvgIpc) is 2.23. The Bertz CT molecular complexity index is 376. The topological polar surface area (TPSA) is 29.1 Å². The molecule has 0 aliphatic carbocycles. The molecule has 1 N–H and O–H groups in total. The highest BCUT2D eigenvalue weighted by molar-refractivity contribution is 7.83. The standard InChI is InChI=1S/C13H21NOS/c1-5-10(2)14-13-8-6-7-12(11(13)3)9-16(4)15/h6-8,10,14H,5,9H2,1-4H3. The second-order valence-corrected chi connectivity index (χ2v) is 5.70. The van der Waals surface area contributed by atoms with Gasteiger partial charge in [-0.05, 0) is 37.5 Å². The fourth-order valence-corrected chi connectivity index (χ4v) is 2.33. The summed E-state index contributed by atoms with van der Waals surface area (Å²) in [5.41, 5.74) is 3.56. The van der Waals surface area contributed by atoms with Gasteiger partial charge in [0.15, 0.2) is 0 Å². The quantitative estimate of drug-likeness (QED) is 0.855. The van der Waals surface area contributed by atoms with E-state index in [1.807, 2.05) is 6.07 Å². The molecule has 2 unspecified atom stereocenters. The van der Waals surface area contributed by atoms with Gasteiger partial charge >= 0.3 is 0 Å². The van der Waals surface area contributed by atoms with Crippen LogP contribution in [0.2, 0.25) is 0 Å². The number of nitrogens with one attached hydrogen (secondary N) is 1. The Labute approximate surface area is 101 Å². The first kappa shape index (κ1) is 13.2. The van der Waals surface area contributed by atoms with Crippen molar-refractivity contribution < 1.29 is 4.21 Å². The third kappa shape index (κ3) is 3.63. The zero-order valence-electron chi connectivity index (χ0n) is 10.5. The van der Waals surface area contributed by atoms with Crippen molar-refractivity contribution in [2.75, 3.05) is 11.6 Å². The molecule has 0 amide bonds. The molecule has 1 rings (SSSR count). The van der Waals surface area contributed by atoms with E-state index in [1.165, 1.54) is 11.1 Å². The Morgan fingerprint density at radius 2 is 2.12 bits per heavy atom. The Morgan fingerprint density at radius 3 is 2.69 bits per heavy atom. The average molecular weight is 239 g/mol. The van der Waals surface area contributed by atoms with E-state index in [2.05, 4.69) is 38.2 Å². The lowest BCUT2D eigenvalue weighted by molar-refractivity contribution is 0.686. The van der Waals surface area contributed by atoms with Gasteiger partial charge in [-0.2, -0.15) is 0 Å². The Hall–Kier alpha value is -0.830. The molecule has 3 heteroatoms. The monoisotopic (exact) mass is 239 g/mol. The zero-order chi connectivity index (χ0) is 12.1. The third-order valence-corrected chi connectivity index (χ3v) is 3.54. The number of hydrogen-bond donors (Lipinski definition) is 1. The second kappa shape index (κ2) is 6.04. The molecule has 0 aromatic heterocycles. The molecule has 0 radical (unpaired) electrons. The van der Waals surface area contributed by atoms with Crippen LogP contribution < -0.4 is 5.32 Å². The van der Waals surface area contributed by atoms with Gasteiger partial charge in [-0.25, -0.2) is 0 Å². The van der Waals surface area contributed by atoms with Crippen molar-refractivity contribution in [3.8, 4) is 0 Å². The summed E-state index contributed by atoms with van der Waals surface area (Å²) in [7, 11) is -0.777. The molecule has 0 aliphatic heterocycles. The molecule has 0 heterocycles. The summed E-state index contributed by atoms with van der Waals surface area (Å²) in [5.74, 6) is 0.641. The van der Waals surface area contributed by atoms with Crippen LogP contribution in [0.5, 0.6) is 0 Å². The maximum Gasteiger partial charge on any atom is 0.0486 e. The highest BCUT2D eigenvalue weighted by atomic mass is 32.2. The predicted octanol–water partition coefficient (Wildman–Crippen LogP) is 3.08. The molecule has 1 aromatic carbocycles. The number of anilines is 1. The smallest absolute Gasteiger partial charge is 0.0486 e. The molecule has 0 saturated carbocycles. The van der Waals surface area contributed by atoms with Gasteiger partial charge in [-0.1, -0.05) is 19.1 Å². The minimum Gasteiger partial charge on any atom is -0.382 e. The molecule has 2 nitrogen and oxygen atoms in total. The Morgan fingerprint density at radius 1 is 1.44 bits per heavy atom. The first-order chi connectivity index (χ1) is 7.54. The molecule has 16 heavy (non-hydrogen) atoms. The van der Waals surface area contributed by atoms with Gasteiger partial charge < -0.3 is 5.32 Å². The maximum atomic E-state index is 11.2. The van der Waals surface area contributed by atoms with Gasteiger partial charge in [0.1, 0.15) is 0 Å². The summed E-state index contributed by atoms with van der Waals surface area (Å²) < 4.78 is 11.2. The van der Waals surface area contributed by atoms with E-state index in [1.54, 1.807) is 6.26 Å². The fourth-order valence-electron chi connectivity index (χ4n) is 1.58. The molecular formula is C13H21NOS. The molecule has 0 bridgehead atoms. The SMILES string of the molecule is CCC(C)Nc1cccc(CS(C)=O)c1C. The maximum absolute atomic E-state index is 11.2. The van der Waals surface area contributed by atoms with Crippen LogP contribution in [-0.2, 0) is 16.6 Å². The van der Waals surface area contributed by atoms with Crippen LogP contribution in [0.15, 0.2) is 18.2 Å². The lowest BCUT2D eigenvalue weighted by atomic mass is 10.1. The molecule has 2 atom stereocenters. The minimum absolute atomic E-state index is 0.473. The van der Waals surface area contributed by atoms with E-state index < -0.39 is 10.8 Å². The number of hydrogen-bond acceptors (Lipinski definition) is 2. The summed E-state index contributed by atoms with van der Waals surface area (Å²) in [4.78, 5) is 0. The van der Waals surface area contributed by atoms with Crippen LogP contribution in [0.3, 0.4) is 0 Å². The van der Waals surface area contributed by atoms with Crippen LogP contribution in [0.1, 0.15) is 31.4 Å². The lowest BCUT2D eigenvalue weighted by Gasteiger charge is -2.17. The highest BCUT2D eigenvalue weighted by Crippen LogP contribution is 2.21. The van der Waals surface area contributed by atoms with Crippen molar-refractivity contribution in [1.29, 1.82) is 0 Å². The van der Waals surface area contributed by atoms with Crippen molar-refractivity contribution in [1.82, 2.24) is 0 Å². The Kier molecular flexibility index (Phi) is 5.00. The largest absolute Gasteiger partial charge is 0.382 e. The minimum atomic E-state index is -0.777. The molecule has 0 fully saturated rings. The van der Waals surface area contributed by atoms with Crippen LogP contribution in [0.25, 0.3) is 0 Å². The normalized spacial score (nSPS) is 14.5. The lowest BCUT2D eigenvalue weighted by Crippen LogP contribution is -2.14. The molecular weight excluding hydrogens is 218 g/mol. The molecule has 0 saturated heterocycles. The van der Waals surface area contributed by atoms with Crippen molar-refractivity contribution in [3.63, 3.8) is 0 Å². The second-order valence-electron chi connectivity index (χ2n) is 4.26. The summed E-state index contributed by atoms with van der Waals surface area (Å²) in [6.07, 6.45) is 2.84. The summed E-state index contributed by atoms with van der Waals surface area (Å²) in [6.45, 7) is 6.43. The van der Waals surface area contributed by atoms with E-state index in [4.69, 9.17) is 0 Å². The predicted molar refractivity (Wildman–Crippen MR) is 72.3 cm³/mol. The first-order valence-corrected chi connectivity index (χ1v) is 7.42. The molecule has 1 aromatic rings. The molecule has 0 aliphatic rings. The van der Waals surface area contributed by atoms with E-state index in [0.717, 1.165) is 12.1 Å². The van der Waals surface area contributed by atoms with Gasteiger partial charge in [0.2, 0.25) is 0 Å². The van der Waals surface area contributed by atoms with E-state index in [-0.39, 0.29) is 0 Å². The molecule has 90 valence electrons. The van der Waals surface area contributed by atoms with Crippen LogP contribution in [0, 0.1) is 6.92 Å². The van der Waals surface area contributed by atoms with E-state index >= 15 is 0 Å². The first-order valence-electron chi connectivity index (χ1n) is 5.69. The van der Waals surface area contributed by atoms with Crippen LogP contribution >= 0.6 is 0 Å². The van der Waals surface area contributed by atoms with Gasteiger partial charge in [-0.15, -0.1) is 0 Å². The fraction of sp³-hybridized carbons (Fsp3) is 0.538. The summed E-state index contributed by atoms with van der Waals surface area (Å²) in [5, 5.41) is 3.47. The van der Waals surface area contributed by atoms with Crippen molar-refractivity contribution >= 4 is 16.5 Å². The Balaban J connectivity index is 2.90. The van der Waals surface area contributed by atoms with Crippen LogP contribution in [-0.4, -0.2) is 16.5 Å². The van der Waals surface area contributed by atoms with E-state index in [9.17, 15) is 4.21 Å².